The van der Waals surface area contributed by atoms with E-state index in [1.165, 1.54) is 51.4 Å². The van der Waals surface area contributed by atoms with Crippen LogP contribution in [0.15, 0.2) is 0 Å². The van der Waals surface area contributed by atoms with Gasteiger partial charge in [-0.25, -0.2) is 4.79 Å². The molecule has 1 amide bonds. The number of esters is 1. The molecule has 2 aliphatic rings. The zero-order valence-corrected chi connectivity index (χ0v) is 20.2. The average molecular weight is 430 g/mol. The third-order valence-electron chi connectivity index (χ3n) is 5.37. The Labute approximate surface area is 184 Å². The summed E-state index contributed by atoms with van der Waals surface area (Å²) in [6.45, 7) is 11.8. The maximum Gasteiger partial charge on any atom is 0.405 e. The smallest absolute Gasteiger partial charge is 0.405 e. The molecule has 2 fully saturated rings. The molecular formula is C24H47NO5. The highest BCUT2D eigenvalue weighted by molar-refractivity contribution is 5.69. The summed E-state index contributed by atoms with van der Waals surface area (Å²) in [5, 5.41) is 8.21. The zero-order valence-electron chi connectivity index (χ0n) is 20.2. The van der Waals surface area contributed by atoms with Crippen LogP contribution in [-0.2, 0) is 14.3 Å². The van der Waals surface area contributed by atoms with Crippen LogP contribution in [0.1, 0.15) is 106 Å². The molecule has 0 aromatic rings. The summed E-state index contributed by atoms with van der Waals surface area (Å²) in [5.41, 5.74) is 4.26. The fourth-order valence-corrected chi connectivity index (χ4v) is 3.57. The molecular weight excluding hydrogens is 382 g/mol. The van der Waals surface area contributed by atoms with E-state index in [-0.39, 0.29) is 12.1 Å². The molecule has 0 bridgehead atoms. The van der Waals surface area contributed by atoms with E-state index in [2.05, 4.69) is 11.7 Å². The van der Waals surface area contributed by atoms with Crippen molar-refractivity contribution in [3.05, 3.63) is 0 Å². The van der Waals surface area contributed by atoms with E-state index in [4.69, 9.17) is 15.6 Å². The SMILES string of the molecule is CC(C)(C)OC(N)=O.CCC(=O)OC(C)CC(CC)CC1CCCC1.OCC1CC1. The normalized spacial score (nSPS) is 18.2. The molecule has 3 N–H and O–H groups in total. The fourth-order valence-electron chi connectivity index (χ4n) is 3.57. The number of ether oxygens (including phenoxy) is 2. The molecule has 0 aromatic heterocycles. The molecule has 178 valence electrons. The minimum absolute atomic E-state index is 0.0618. The van der Waals surface area contributed by atoms with Crippen LogP contribution in [0.25, 0.3) is 0 Å². The lowest BCUT2D eigenvalue weighted by Gasteiger charge is -2.22. The molecule has 6 nitrogen and oxygen atoms in total. The van der Waals surface area contributed by atoms with Gasteiger partial charge in [-0.1, -0.05) is 46.0 Å². The average Bonchev–Trinajstić information content (AvgIpc) is 3.35. The Bertz CT molecular complexity index is 465. The Kier molecular flexibility index (Phi) is 14.8. The summed E-state index contributed by atoms with van der Waals surface area (Å²) in [6.07, 6.45) is 11.6. The summed E-state index contributed by atoms with van der Waals surface area (Å²) in [4.78, 5) is 21.2. The molecule has 2 rings (SSSR count). The lowest BCUT2D eigenvalue weighted by atomic mass is 9.88. The molecule has 0 radical (unpaired) electrons. The van der Waals surface area contributed by atoms with Crippen molar-refractivity contribution in [2.24, 2.45) is 23.5 Å². The van der Waals surface area contributed by atoms with Crippen molar-refractivity contribution in [2.45, 2.75) is 117 Å². The first-order valence-corrected chi connectivity index (χ1v) is 11.8. The maximum atomic E-state index is 11.2. The van der Waals surface area contributed by atoms with Crippen molar-refractivity contribution >= 4 is 12.1 Å². The monoisotopic (exact) mass is 429 g/mol. The van der Waals surface area contributed by atoms with Gasteiger partial charge in [0.15, 0.2) is 0 Å². The number of aliphatic hydroxyl groups is 1. The van der Waals surface area contributed by atoms with Gasteiger partial charge in [-0.2, -0.15) is 0 Å². The van der Waals surface area contributed by atoms with Crippen LogP contribution in [0.5, 0.6) is 0 Å². The van der Waals surface area contributed by atoms with E-state index in [0.717, 1.165) is 18.3 Å². The summed E-state index contributed by atoms with van der Waals surface area (Å²) < 4.78 is 9.93. The van der Waals surface area contributed by atoms with Crippen LogP contribution in [0.4, 0.5) is 4.79 Å². The molecule has 0 aliphatic heterocycles. The topological polar surface area (TPSA) is 98.9 Å². The van der Waals surface area contributed by atoms with Crippen molar-refractivity contribution in [3.63, 3.8) is 0 Å². The quantitative estimate of drug-likeness (QED) is 0.490. The van der Waals surface area contributed by atoms with E-state index in [0.29, 0.717) is 18.9 Å². The summed E-state index contributed by atoms with van der Waals surface area (Å²) in [7, 11) is 0. The van der Waals surface area contributed by atoms with Gasteiger partial charge in [-0.15, -0.1) is 0 Å². The van der Waals surface area contributed by atoms with Gasteiger partial charge in [0.1, 0.15) is 5.60 Å². The van der Waals surface area contributed by atoms with Crippen LogP contribution in [-0.4, -0.2) is 35.5 Å². The Morgan fingerprint density at radius 3 is 1.93 bits per heavy atom. The predicted molar refractivity (Wildman–Crippen MR) is 121 cm³/mol. The third-order valence-corrected chi connectivity index (χ3v) is 5.37. The minimum Gasteiger partial charge on any atom is -0.463 e. The van der Waals surface area contributed by atoms with Gasteiger partial charge in [-0.05, 0) is 71.1 Å². The molecule has 30 heavy (non-hydrogen) atoms. The highest BCUT2D eigenvalue weighted by atomic mass is 16.6. The number of primary amides is 1. The second-order valence-corrected chi connectivity index (χ2v) is 9.71. The minimum atomic E-state index is -0.725. The summed E-state index contributed by atoms with van der Waals surface area (Å²) in [5.74, 6) is 2.30. The van der Waals surface area contributed by atoms with Crippen LogP contribution < -0.4 is 5.73 Å². The lowest BCUT2D eigenvalue weighted by molar-refractivity contribution is -0.148. The molecule has 2 aliphatic carbocycles. The zero-order chi connectivity index (χ0) is 23.2. The number of carbonyl (C=O) groups excluding carboxylic acids is 2. The number of hydrogen-bond acceptors (Lipinski definition) is 5. The van der Waals surface area contributed by atoms with Crippen LogP contribution in [0, 0.1) is 17.8 Å². The van der Waals surface area contributed by atoms with E-state index in [9.17, 15) is 9.59 Å². The Hall–Kier alpha value is -1.30. The van der Waals surface area contributed by atoms with Crippen LogP contribution in [0.2, 0.25) is 0 Å². The van der Waals surface area contributed by atoms with Gasteiger partial charge in [0, 0.05) is 13.0 Å². The largest absolute Gasteiger partial charge is 0.463 e. The number of aliphatic hydroxyl groups excluding tert-OH is 1. The van der Waals surface area contributed by atoms with Crippen molar-refractivity contribution in [3.8, 4) is 0 Å². The lowest BCUT2D eigenvalue weighted by Crippen LogP contribution is -2.27. The Morgan fingerprint density at radius 1 is 1.07 bits per heavy atom. The van der Waals surface area contributed by atoms with Crippen molar-refractivity contribution < 1.29 is 24.2 Å². The molecule has 0 heterocycles. The Morgan fingerprint density at radius 2 is 1.63 bits per heavy atom. The first kappa shape index (κ1) is 28.7. The fraction of sp³-hybridized carbons (Fsp3) is 0.917. The standard InChI is InChI=1S/C15H28O2.C5H11NO2.C4H8O/c1-4-13(11-14-8-6-7-9-14)10-12(3)17-15(16)5-2;1-5(2,3)8-4(6)7;5-3-4-1-2-4/h12-14H,4-11H2,1-3H3;1-3H3,(H2,6,7);4-5H,1-3H2. The Balaban J connectivity index is 0.000000530. The van der Waals surface area contributed by atoms with Gasteiger partial charge < -0.3 is 20.3 Å². The van der Waals surface area contributed by atoms with Crippen molar-refractivity contribution in [2.75, 3.05) is 6.61 Å². The summed E-state index contributed by atoms with van der Waals surface area (Å²) >= 11 is 0. The molecule has 2 saturated carbocycles. The molecule has 0 saturated heterocycles. The first-order valence-electron chi connectivity index (χ1n) is 11.8. The second-order valence-electron chi connectivity index (χ2n) is 9.71. The number of carbonyl (C=O) groups is 2. The molecule has 6 heteroatoms. The number of nitrogens with two attached hydrogens (primary N) is 1. The first-order chi connectivity index (χ1) is 14.0. The van der Waals surface area contributed by atoms with E-state index in [1.807, 2.05) is 13.8 Å². The second kappa shape index (κ2) is 15.5. The molecule has 0 spiro atoms. The van der Waals surface area contributed by atoms with Gasteiger partial charge in [0.2, 0.25) is 0 Å². The van der Waals surface area contributed by atoms with Crippen molar-refractivity contribution in [1.29, 1.82) is 0 Å². The van der Waals surface area contributed by atoms with Gasteiger partial charge in [-0.3, -0.25) is 4.79 Å². The third kappa shape index (κ3) is 17.5. The van der Waals surface area contributed by atoms with E-state index >= 15 is 0 Å². The number of rotatable bonds is 8. The molecule has 2 atom stereocenters. The van der Waals surface area contributed by atoms with E-state index in [1.54, 1.807) is 20.8 Å². The molecule has 0 aromatic carbocycles. The van der Waals surface area contributed by atoms with Crippen molar-refractivity contribution in [1.82, 2.24) is 0 Å². The van der Waals surface area contributed by atoms with Gasteiger partial charge >= 0.3 is 12.1 Å². The van der Waals surface area contributed by atoms with Gasteiger partial charge in [0.05, 0.1) is 6.10 Å². The number of hydrogen-bond donors (Lipinski definition) is 2. The van der Waals surface area contributed by atoms with Gasteiger partial charge in [0.25, 0.3) is 0 Å². The van der Waals surface area contributed by atoms with E-state index < -0.39 is 11.7 Å². The summed E-state index contributed by atoms with van der Waals surface area (Å²) in [6, 6.07) is 0. The van der Waals surface area contributed by atoms with Crippen LogP contribution >= 0.6 is 0 Å². The predicted octanol–water partition coefficient (Wildman–Crippen LogP) is 5.59. The number of amides is 1. The highest BCUT2D eigenvalue weighted by Crippen LogP contribution is 2.33. The maximum absolute atomic E-state index is 11.2. The highest BCUT2D eigenvalue weighted by Gasteiger charge is 2.21. The molecule has 2 unspecified atom stereocenters. The van der Waals surface area contributed by atoms with Crippen LogP contribution in [0.3, 0.4) is 0 Å².